The molecular formula is C9H7BrClNO3. The molecule has 0 spiro atoms. The molecule has 0 amide bonds. The van der Waals surface area contributed by atoms with E-state index in [0.29, 0.717) is 5.33 Å². The van der Waals surface area contributed by atoms with E-state index in [1.54, 1.807) is 0 Å². The van der Waals surface area contributed by atoms with Gasteiger partial charge >= 0.3 is 0 Å². The van der Waals surface area contributed by atoms with Crippen molar-refractivity contribution in [1.82, 2.24) is 0 Å². The molecule has 15 heavy (non-hydrogen) atoms. The summed E-state index contributed by atoms with van der Waals surface area (Å²) in [5, 5.41) is 11.4. The number of nitrogens with zero attached hydrogens (tertiary/aromatic N) is 1. The van der Waals surface area contributed by atoms with Crippen molar-refractivity contribution < 1.29 is 9.72 Å². The summed E-state index contributed by atoms with van der Waals surface area (Å²) in [6.45, 7) is 0. The molecule has 0 aromatic heterocycles. The molecule has 0 aliphatic rings. The van der Waals surface area contributed by atoms with E-state index in [9.17, 15) is 14.9 Å². The Morgan fingerprint density at radius 1 is 1.53 bits per heavy atom. The molecule has 0 saturated carbocycles. The van der Waals surface area contributed by atoms with Crippen molar-refractivity contribution in [2.24, 2.45) is 0 Å². The number of alkyl halides is 1. The Labute approximate surface area is 99.5 Å². The maximum atomic E-state index is 11.5. The minimum atomic E-state index is -0.604. The highest BCUT2D eigenvalue weighted by molar-refractivity contribution is 9.09. The van der Waals surface area contributed by atoms with E-state index in [1.165, 1.54) is 18.2 Å². The first-order valence-electron chi connectivity index (χ1n) is 4.09. The minimum absolute atomic E-state index is 0.101. The van der Waals surface area contributed by atoms with Crippen LogP contribution in [0.15, 0.2) is 18.2 Å². The number of benzene rings is 1. The molecule has 1 aromatic carbocycles. The van der Waals surface area contributed by atoms with Gasteiger partial charge in [-0.15, -0.1) is 0 Å². The topological polar surface area (TPSA) is 60.2 Å². The fraction of sp³-hybridized carbons (Fsp3) is 0.222. The zero-order chi connectivity index (χ0) is 11.4. The van der Waals surface area contributed by atoms with Crippen molar-refractivity contribution >= 4 is 39.0 Å². The average Bonchev–Trinajstić information content (AvgIpc) is 2.17. The minimum Gasteiger partial charge on any atom is -0.294 e. The smallest absolute Gasteiger partial charge is 0.281 e. The van der Waals surface area contributed by atoms with Crippen LogP contribution < -0.4 is 0 Å². The number of nitro groups is 1. The Bertz CT molecular complexity index is 408. The summed E-state index contributed by atoms with van der Waals surface area (Å²) < 4.78 is 0. The largest absolute Gasteiger partial charge is 0.294 e. The average molecular weight is 293 g/mol. The zero-order valence-corrected chi connectivity index (χ0v) is 9.92. The molecule has 80 valence electrons. The lowest BCUT2D eigenvalue weighted by Crippen LogP contribution is -2.04. The van der Waals surface area contributed by atoms with Gasteiger partial charge in [0, 0.05) is 22.8 Å². The molecule has 0 heterocycles. The van der Waals surface area contributed by atoms with Crippen LogP contribution in [0.3, 0.4) is 0 Å². The van der Waals surface area contributed by atoms with Crippen LogP contribution in [0.2, 0.25) is 5.02 Å². The summed E-state index contributed by atoms with van der Waals surface area (Å²) >= 11 is 8.72. The predicted molar refractivity (Wildman–Crippen MR) is 60.8 cm³/mol. The van der Waals surface area contributed by atoms with Crippen LogP contribution in [0.4, 0.5) is 5.69 Å². The summed E-state index contributed by atoms with van der Waals surface area (Å²) in [6.07, 6.45) is 0.225. The number of ketones is 1. The molecule has 0 radical (unpaired) electrons. The van der Waals surface area contributed by atoms with Crippen molar-refractivity contribution in [3.8, 4) is 0 Å². The Morgan fingerprint density at radius 3 is 2.73 bits per heavy atom. The summed E-state index contributed by atoms with van der Waals surface area (Å²) in [7, 11) is 0. The quantitative estimate of drug-likeness (QED) is 0.370. The van der Waals surface area contributed by atoms with E-state index in [-0.39, 0.29) is 28.5 Å². The van der Waals surface area contributed by atoms with Gasteiger partial charge in [0.05, 0.1) is 10.5 Å². The second kappa shape index (κ2) is 5.23. The molecular weight excluding hydrogens is 285 g/mol. The molecule has 0 bridgehead atoms. The molecule has 6 heteroatoms. The number of carbonyl (C=O) groups is 1. The zero-order valence-electron chi connectivity index (χ0n) is 7.57. The van der Waals surface area contributed by atoms with Crippen LogP contribution in [-0.4, -0.2) is 16.0 Å². The van der Waals surface area contributed by atoms with Crippen LogP contribution in [0.25, 0.3) is 0 Å². The lowest BCUT2D eigenvalue weighted by atomic mass is 10.1. The van der Waals surface area contributed by atoms with E-state index in [1.807, 2.05) is 0 Å². The number of hydrogen-bond acceptors (Lipinski definition) is 3. The monoisotopic (exact) mass is 291 g/mol. The van der Waals surface area contributed by atoms with Gasteiger partial charge in [-0.2, -0.15) is 0 Å². The Balaban J connectivity index is 3.17. The molecule has 0 atom stereocenters. The predicted octanol–water partition coefficient (Wildman–Crippen LogP) is 3.22. The third kappa shape index (κ3) is 3.00. The first-order chi connectivity index (χ1) is 7.06. The molecule has 0 unspecified atom stereocenters. The van der Waals surface area contributed by atoms with Crippen LogP contribution in [-0.2, 0) is 0 Å². The summed E-state index contributed by atoms with van der Waals surface area (Å²) in [4.78, 5) is 21.6. The highest BCUT2D eigenvalue weighted by atomic mass is 79.9. The van der Waals surface area contributed by atoms with Crippen molar-refractivity contribution in [2.75, 3.05) is 5.33 Å². The molecule has 4 nitrogen and oxygen atoms in total. The van der Waals surface area contributed by atoms with Gasteiger partial charge in [-0.25, -0.2) is 0 Å². The Kier molecular flexibility index (Phi) is 4.23. The fourth-order valence-corrected chi connectivity index (χ4v) is 1.64. The van der Waals surface area contributed by atoms with E-state index in [4.69, 9.17) is 11.6 Å². The van der Waals surface area contributed by atoms with Crippen molar-refractivity contribution in [2.45, 2.75) is 6.42 Å². The second-order valence-electron chi connectivity index (χ2n) is 2.78. The second-order valence-corrected chi connectivity index (χ2v) is 4.01. The maximum absolute atomic E-state index is 11.5. The highest BCUT2D eigenvalue weighted by Gasteiger charge is 2.19. The van der Waals surface area contributed by atoms with E-state index in [0.717, 1.165) is 0 Å². The molecule has 0 aliphatic carbocycles. The number of Topliss-reactive ketones (excluding diaryl/α,β-unsaturated/α-hetero) is 1. The Morgan fingerprint density at radius 2 is 2.20 bits per heavy atom. The molecule has 0 aliphatic heterocycles. The first-order valence-corrected chi connectivity index (χ1v) is 5.59. The maximum Gasteiger partial charge on any atom is 0.281 e. The van der Waals surface area contributed by atoms with Crippen molar-refractivity contribution in [3.05, 3.63) is 38.9 Å². The molecule has 0 N–H and O–H groups in total. The van der Waals surface area contributed by atoms with E-state index >= 15 is 0 Å². The third-order valence-corrected chi connectivity index (χ3v) is 2.41. The van der Waals surface area contributed by atoms with Gasteiger partial charge in [0.1, 0.15) is 0 Å². The van der Waals surface area contributed by atoms with E-state index in [2.05, 4.69) is 15.9 Å². The normalized spacial score (nSPS) is 10.0. The first kappa shape index (κ1) is 12.1. The van der Waals surface area contributed by atoms with Crippen LogP contribution >= 0.6 is 27.5 Å². The lowest BCUT2D eigenvalue weighted by Gasteiger charge is -2.01. The lowest BCUT2D eigenvalue weighted by molar-refractivity contribution is -0.385. The molecule has 1 aromatic rings. The van der Waals surface area contributed by atoms with Crippen LogP contribution in [0, 0.1) is 10.1 Å². The van der Waals surface area contributed by atoms with Crippen LogP contribution in [0.5, 0.6) is 0 Å². The Hall–Kier alpha value is -0.940. The van der Waals surface area contributed by atoms with Crippen molar-refractivity contribution in [1.29, 1.82) is 0 Å². The fourth-order valence-electron chi connectivity index (χ4n) is 1.11. The van der Waals surface area contributed by atoms with Crippen molar-refractivity contribution in [3.63, 3.8) is 0 Å². The van der Waals surface area contributed by atoms with Gasteiger partial charge in [0.15, 0.2) is 5.78 Å². The van der Waals surface area contributed by atoms with Gasteiger partial charge in [0.2, 0.25) is 0 Å². The van der Waals surface area contributed by atoms with Crippen LogP contribution in [0.1, 0.15) is 16.8 Å². The van der Waals surface area contributed by atoms with Gasteiger partial charge in [-0.1, -0.05) is 27.5 Å². The molecule has 0 fully saturated rings. The van der Waals surface area contributed by atoms with Gasteiger partial charge in [-0.3, -0.25) is 14.9 Å². The highest BCUT2D eigenvalue weighted by Crippen LogP contribution is 2.24. The summed E-state index contributed by atoms with van der Waals surface area (Å²) in [5.74, 6) is -0.268. The third-order valence-electron chi connectivity index (χ3n) is 1.78. The summed E-state index contributed by atoms with van der Waals surface area (Å²) in [5.41, 5.74) is -0.141. The number of halogens is 2. The number of nitro benzene ring substituents is 1. The van der Waals surface area contributed by atoms with Gasteiger partial charge in [-0.05, 0) is 12.1 Å². The SMILES string of the molecule is O=C(CCBr)c1ccc(Cl)cc1[N+](=O)[O-]. The number of hydrogen-bond donors (Lipinski definition) is 0. The number of rotatable bonds is 4. The molecule has 1 rings (SSSR count). The molecule has 0 saturated heterocycles. The standard InChI is InChI=1S/C9H7BrClNO3/c10-4-3-9(13)7-2-1-6(11)5-8(7)12(14)15/h1-2,5H,3-4H2. The summed E-state index contributed by atoms with van der Waals surface area (Å²) in [6, 6.07) is 4.03. The van der Waals surface area contributed by atoms with Gasteiger partial charge in [0.25, 0.3) is 5.69 Å². The number of carbonyl (C=O) groups excluding carboxylic acids is 1. The van der Waals surface area contributed by atoms with E-state index < -0.39 is 4.92 Å². The van der Waals surface area contributed by atoms with Gasteiger partial charge < -0.3 is 0 Å².